The molecule has 1 saturated heterocycles. The quantitative estimate of drug-likeness (QED) is 0.164. The second-order valence-corrected chi connectivity index (χ2v) is 11.4. The second kappa shape index (κ2) is 18.2. The third kappa shape index (κ3) is 11.8. The lowest BCUT2D eigenvalue weighted by molar-refractivity contribution is -0.929. The molecule has 0 spiro atoms. The van der Waals surface area contributed by atoms with Crippen molar-refractivity contribution in [2.45, 2.75) is 97.8 Å². The van der Waals surface area contributed by atoms with Gasteiger partial charge in [-0.2, -0.15) is 0 Å². The molecule has 2 amide bonds. The van der Waals surface area contributed by atoms with Crippen LogP contribution >= 0.6 is 0 Å². The van der Waals surface area contributed by atoms with Crippen molar-refractivity contribution >= 4 is 22.3 Å². The third-order valence-electron chi connectivity index (χ3n) is 7.03. The Morgan fingerprint density at radius 2 is 1.41 bits per heavy atom. The largest absolute Gasteiger partial charge is 0.731 e. The van der Waals surface area contributed by atoms with E-state index in [2.05, 4.69) is 33.0 Å². The average Bonchev–Trinajstić information content (AvgIpc) is 2.92. The van der Waals surface area contributed by atoms with Gasteiger partial charge in [0.15, 0.2) is 10.3 Å². The molecule has 11 heteroatoms. The number of alkyl carbamates (subject to hydrolysis) is 1. The van der Waals surface area contributed by atoms with Crippen molar-refractivity contribution in [2.75, 3.05) is 32.8 Å². The summed E-state index contributed by atoms with van der Waals surface area (Å²) in [6.07, 6.45) is 10.1. The Labute approximate surface area is 235 Å². The first-order valence-electron chi connectivity index (χ1n) is 14.3. The van der Waals surface area contributed by atoms with Crippen LogP contribution in [0.25, 0.3) is 0 Å². The number of carbonyl (C=O) groups excluding carboxylic acids is 2. The van der Waals surface area contributed by atoms with Gasteiger partial charge < -0.3 is 24.2 Å². The fourth-order valence-corrected chi connectivity index (χ4v) is 5.52. The van der Waals surface area contributed by atoms with Gasteiger partial charge in [0, 0.05) is 0 Å². The topological polar surface area (TPSA) is 136 Å². The molecular weight excluding hydrogens is 522 g/mol. The highest BCUT2D eigenvalue weighted by Crippen LogP contribution is 2.23. The van der Waals surface area contributed by atoms with Gasteiger partial charge in [-0.1, -0.05) is 83.7 Å². The lowest BCUT2D eigenvalue weighted by atomic mass is 10.0. The van der Waals surface area contributed by atoms with Gasteiger partial charge in [-0.25, -0.2) is 17.5 Å². The van der Waals surface area contributed by atoms with Crippen LogP contribution in [0, 0.1) is 0 Å². The molecule has 0 unspecified atom stereocenters. The summed E-state index contributed by atoms with van der Waals surface area (Å²) in [6, 6.07) is 6.13. The summed E-state index contributed by atoms with van der Waals surface area (Å²) in [4.78, 5) is 23.1. The Morgan fingerprint density at radius 3 is 1.79 bits per heavy atom. The van der Waals surface area contributed by atoms with Gasteiger partial charge >= 0.3 is 6.09 Å². The Kier molecular flexibility index (Phi) is 16.2. The number of rotatable bonds is 17. The van der Waals surface area contributed by atoms with E-state index in [0.717, 1.165) is 5.56 Å². The first-order chi connectivity index (χ1) is 18.6. The van der Waals surface area contributed by atoms with Crippen molar-refractivity contribution in [2.24, 2.45) is 0 Å². The first-order valence-corrected chi connectivity index (χ1v) is 15.7. The van der Waals surface area contributed by atoms with Gasteiger partial charge in [-0.3, -0.25) is 4.79 Å². The number of ether oxygens (including phenoxy) is 1. The first kappa shape index (κ1) is 34.8. The fraction of sp³-hybridized carbons (Fsp3) is 0.714. The minimum Gasteiger partial charge on any atom is -0.731 e. The van der Waals surface area contributed by atoms with Gasteiger partial charge in [0.1, 0.15) is 12.6 Å². The summed E-state index contributed by atoms with van der Waals surface area (Å²) in [5.41, 5.74) is 0.722. The predicted molar refractivity (Wildman–Crippen MR) is 150 cm³/mol. The van der Waals surface area contributed by atoms with E-state index in [4.69, 9.17) is 9.84 Å². The minimum atomic E-state index is -5.02. The van der Waals surface area contributed by atoms with Gasteiger partial charge in [-0.05, 0) is 31.2 Å². The van der Waals surface area contributed by atoms with Gasteiger partial charge in [0.05, 0.1) is 38.8 Å². The van der Waals surface area contributed by atoms with Crippen LogP contribution in [0.5, 0.6) is 0 Å². The Bertz CT molecular complexity index is 906. The van der Waals surface area contributed by atoms with Crippen molar-refractivity contribution in [1.29, 1.82) is 0 Å². The zero-order chi connectivity index (χ0) is 29.3. The number of carbonyl (C=O) groups is 2. The van der Waals surface area contributed by atoms with Crippen molar-refractivity contribution in [3.05, 3.63) is 35.9 Å². The molecule has 224 valence electrons. The molecule has 1 fully saturated rings. The highest BCUT2D eigenvalue weighted by atomic mass is 32.2. The van der Waals surface area contributed by atoms with E-state index >= 15 is 0 Å². The van der Waals surface area contributed by atoms with E-state index in [1.807, 2.05) is 0 Å². The molecule has 0 aromatic heterocycles. The monoisotopic (exact) mass is 571 g/mol. The molecule has 39 heavy (non-hydrogen) atoms. The number of aliphatic hydroxyl groups is 1. The van der Waals surface area contributed by atoms with Crippen molar-refractivity contribution in [1.82, 2.24) is 9.62 Å². The summed E-state index contributed by atoms with van der Waals surface area (Å²) in [5, 5.41) is 11.2. The summed E-state index contributed by atoms with van der Waals surface area (Å²) in [6.45, 7) is 14.2. The summed E-state index contributed by atoms with van der Waals surface area (Å²) in [5.74, 6) is -1.11. The number of nitrogens with zero attached hydrogens (tertiary/aromatic N) is 2. The van der Waals surface area contributed by atoms with Crippen molar-refractivity contribution in [3.63, 3.8) is 0 Å². The molecule has 0 aliphatic carbocycles. The standard InChI is InChI=1S/C16H36N.C12H14N2O7S/c1-5-9-13-17(14-10-6-2,15-11-7-3)16-12-8-4;15-6-9-10(11(16)14(9)22(18,19)20)13-12(17)21-7-8-4-2-1-3-5-8/h5-16H2,1-4H3;1-5,9-10,15H,6-7H2,(H,13,17)(H,18,19,20)/q+1;/p-1/t;9-,10+/m.0/s1. The number of amides is 2. The number of unbranched alkanes of at least 4 members (excludes halogenated alkanes) is 4. The number of aliphatic hydroxyl groups excluding tert-OH is 1. The van der Waals surface area contributed by atoms with E-state index in [1.54, 1.807) is 30.3 Å². The number of hydrogen-bond donors (Lipinski definition) is 2. The normalized spacial score (nSPS) is 17.2. The zero-order valence-electron chi connectivity index (χ0n) is 24.1. The molecule has 0 bridgehead atoms. The predicted octanol–water partition coefficient (Wildman–Crippen LogP) is 3.95. The third-order valence-corrected chi connectivity index (χ3v) is 7.96. The van der Waals surface area contributed by atoms with Crippen LogP contribution < -0.4 is 5.32 Å². The van der Waals surface area contributed by atoms with Gasteiger partial charge in [0.25, 0.3) is 5.91 Å². The van der Waals surface area contributed by atoms with Crippen LogP contribution in [0.3, 0.4) is 0 Å². The average molecular weight is 572 g/mol. The van der Waals surface area contributed by atoms with Crippen LogP contribution in [0.15, 0.2) is 30.3 Å². The summed E-state index contributed by atoms with van der Waals surface area (Å²) in [7, 11) is -5.02. The van der Waals surface area contributed by atoms with Crippen LogP contribution in [0.2, 0.25) is 0 Å². The smallest absolute Gasteiger partial charge is 0.408 e. The number of nitrogens with one attached hydrogen (secondary N) is 1. The Balaban J connectivity index is 0.000000406. The lowest BCUT2D eigenvalue weighted by Gasteiger charge is -2.46. The molecule has 1 aromatic carbocycles. The molecule has 1 heterocycles. The fourth-order valence-electron chi connectivity index (χ4n) is 4.67. The number of hydrogen-bond acceptors (Lipinski definition) is 7. The SMILES string of the molecule is CCCC[N+](CCCC)(CCCC)CCCC.O=C(N[C@H]1C(=O)N(S(=O)(=O)[O-])[C@H]1CO)OCc1ccccc1. The Hall–Kier alpha value is -2.21. The van der Waals surface area contributed by atoms with Gasteiger partial charge in [0.2, 0.25) is 0 Å². The second-order valence-electron chi connectivity index (χ2n) is 10.2. The number of benzene rings is 1. The number of β-lactam (4-membered cyclic amide) rings is 1. The van der Waals surface area contributed by atoms with Crippen molar-refractivity contribution < 1.29 is 36.9 Å². The van der Waals surface area contributed by atoms with Crippen LogP contribution in [0.1, 0.15) is 84.6 Å². The maximum absolute atomic E-state index is 11.6. The lowest BCUT2D eigenvalue weighted by Crippen LogP contribution is -2.73. The molecule has 1 aliphatic rings. The highest BCUT2D eigenvalue weighted by Gasteiger charge is 2.51. The molecule has 0 saturated carbocycles. The van der Waals surface area contributed by atoms with Crippen LogP contribution in [0.4, 0.5) is 4.79 Å². The molecule has 0 radical (unpaired) electrons. The molecule has 2 N–H and O–H groups in total. The molecule has 1 aromatic rings. The molecule has 2 rings (SSSR count). The van der Waals surface area contributed by atoms with Gasteiger partial charge in [-0.15, -0.1) is 0 Å². The number of quaternary nitrogens is 1. The zero-order valence-corrected chi connectivity index (χ0v) is 25.0. The maximum atomic E-state index is 11.6. The molecular formula is C28H49N3O7S. The highest BCUT2D eigenvalue weighted by molar-refractivity contribution is 7.84. The Morgan fingerprint density at radius 1 is 0.949 bits per heavy atom. The molecule has 10 nitrogen and oxygen atoms in total. The summed E-state index contributed by atoms with van der Waals surface area (Å²) < 4.78 is 38.8. The van der Waals surface area contributed by atoms with Crippen LogP contribution in [-0.2, 0) is 26.4 Å². The van der Waals surface area contributed by atoms with E-state index < -0.39 is 41.0 Å². The van der Waals surface area contributed by atoms with E-state index in [1.165, 1.54) is 82.0 Å². The molecule has 1 aliphatic heterocycles. The van der Waals surface area contributed by atoms with E-state index in [-0.39, 0.29) is 10.9 Å². The van der Waals surface area contributed by atoms with Crippen LogP contribution in [-0.4, -0.2) is 83.7 Å². The summed E-state index contributed by atoms with van der Waals surface area (Å²) >= 11 is 0. The van der Waals surface area contributed by atoms with Crippen molar-refractivity contribution in [3.8, 4) is 0 Å². The van der Waals surface area contributed by atoms with E-state index in [9.17, 15) is 22.6 Å². The van der Waals surface area contributed by atoms with E-state index in [0.29, 0.717) is 0 Å². The minimum absolute atomic E-state index is 0.00482. The molecule has 2 atom stereocenters. The maximum Gasteiger partial charge on any atom is 0.408 e.